The minimum Gasteiger partial charge on any atom is -0.494 e. The zero-order chi connectivity index (χ0) is 18.6. The molecule has 0 N–H and O–H groups in total. The largest absolute Gasteiger partial charge is 0.494 e. The number of hydrogen-bond donors (Lipinski definition) is 0. The second kappa shape index (κ2) is 7.77. The summed E-state index contributed by atoms with van der Waals surface area (Å²) in [7, 11) is -3.50. The molecule has 0 bridgehead atoms. The van der Waals surface area contributed by atoms with Crippen LogP contribution < -0.4 is 9.64 Å². The normalized spacial score (nSPS) is 15.5. The molecule has 26 heavy (non-hydrogen) atoms. The van der Waals surface area contributed by atoms with Crippen molar-refractivity contribution in [3.8, 4) is 11.8 Å². The number of piperazine rings is 1. The zero-order valence-electron chi connectivity index (χ0n) is 14.6. The topological polar surface area (TPSA) is 73.6 Å². The second-order valence-corrected chi connectivity index (χ2v) is 7.89. The van der Waals surface area contributed by atoms with Gasteiger partial charge in [0, 0.05) is 31.9 Å². The van der Waals surface area contributed by atoms with Crippen LogP contribution in [0.5, 0.6) is 5.75 Å². The second-order valence-electron chi connectivity index (χ2n) is 5.95. The molecule has 0 atom stereocenters. The van der Waals surface area contributed by atoms with Crippen molar-refractivity contribution < 1.29 is 13.2 Å². The third kappa shape index (κ3) is 3.82. The maximum Gasteiger partial charge on any atom is 0.243 e. The molecule has 0 unspecified atom stereocenters. The predicted molar refractivity (Wildman–Crippen MR) is 99.7 cm³/mol. The van der Waals surface area contributed by atoms with E-state index in [1.54, 1.807) is 36.4 Å². The van der Waals surface area contributed by atoms with Crippen LogP contribution in [-0.2, 0) is 10.0 Å². The summed E-state index contributed by atoms with van der Waals surface area (Å²) in [6.07, 6.45) is 0. The van der Waals surface area contributed by atoms with E-state index in [1.807, 2.05) is 19.1 Å². The molecule has 0 aromatic heterocycles. The van der Waals surface area contributed by atoms with Gasteiger partial charge in [0.2, 0.25) is 10.0 Å². The van der Waals surface area contributed by atoms with E-state index in [1.165, 1.54) is 4.31 Å². The third-order valence-electron chi connectivity index (χ3n) is 4.37. The average molecular weight is 371 g/mol. The van der Waals surface area contributed by atoms with Crippen LogP contribution in [-0.4, -0.2) is 45.5 Å². The van der Waals surface area contributed by atoms with E-state index < -0.39 is 10.0 Å². The molecule has 7 heteroatoms. The van der Waals surface area contributed by atoms with E-state index in [0.717, 1.165) is 5.69 Å². The molecule has 2 aromatic carbocycles. The van der Waals surface area contributed by atoms with Crippen molar-refractivity contribution in [2.75, 3.05) is 37.7 Å². The Labute approximate surface area is 154 Å². The van der Waals surface area contributed by atoms with E-state index in [9.17, 15) is 8.42 Å². The van der Waals surface area contributed by atoms with E-state index in [0.29, 0.717) is 44.1 Å². The smallest absolute Gasteiger partial charge is 0.243 e. The first kappa shape index (κ1) is 18.2. The molecule has 1 fully saturated rings. The lowest BCUT2D eigenvalue weighted by atomic mass is 10.2. The molecule has 0 spiro atoms. The van der Waals surface area contributed by atoms with Gasteiger partial charge in [0.1, 0.15) is 5.75 Å². The Hall–Kier alpha value is -2.56. The SMILES string of the molecule is CCOc1ccc(S(=O)(=O)N2CCN(c3ccc(C#N)cc3)CC2)cc1. The van der Waals surface area contributed by atoms with Gasteiger partial charge in [-0.2, -0.15) is 9.57 Å². The minimum atomic E-state index is -3.50. The standard InChI is InChI=1S/C19H21N3O3S/c1-2-25-18-7-9-19(10-8-18)26(23,24)22-13-11-21(12-14-22)17-5-3-16(15-20)4-6-17/h3-10H,2,11-14H2,1H3. The third-order valence-corrected chi connectivity index (χ3v) is 6.29. The molecular formula is C19H21N3O3S. The Morgan fingerprint density at radius 1 is 1.00 bits per heavy atom. The minimum absolute atomic E-state index is 0.285. The van der Waals surface area contributed by atoms with E-state index >= 15 is 0 Å². The van der Waals surface area contributed by atoms with Crippen LogP contribution in [0, 0.1) is 11.3 Å². The molecule has 0 saturated carbocycles. The lowest BCUT2D eigenvalue weighted by Gasteiger charge is -2.35. The molecule has 0 amide bonds. The zero-order valence-corrected chi connectivity index (χ0v) is 15.4. The van der Waals surface area contributed by atoms with E-state index in [-0.39, 0.29) is 4.90 Å². The van der Waals surface area contributed by atoms with Gasteiger partial charge >= 0.3 is 0 Å². The summed E-state index contributed by atoms with van der Waals surface area (Å²) in [6, 6.07) is 16.0. The monoisotopic (exact) mass is 371 g/mol. The first-order valence-corrected chi connectivity index (χ1v) is 9.96. The highest BCUT2D eigenvalue weighted by Gasteiger charge is 2.28. The molecule has 3 rings (SSSR count). The molecule has 0 aliphatic carbocycles. The highest BCUT2D eigenvalue weighted by atomic mass is 32.2. The summed E-state index contributed by atoms with van der Waals surface area (Å²) in [4.78, 5) is 2.42. The van der Waals surface area contributed by atoms with Crippen molar-refractivity contribution in [1.82, 2.24) is 4.31 Å². The summed E-state index contributed by atoms with van der Waals surface area (Å²) < 4.78 is 32.5. The number of ether oxygens (including phenoxy) is 1. The molecule has 0 radical (unpaired) electrons. The van der Waals surface area contributed by atoms with Crippen molar-refractivity contribution in [3.63, 3.8) is 0 Å². The van der Waals surface area contributed by atoms with Gasteiger partial charge in [-0.25, -0.2) is 8.42 Å². The van der Waals surface area contributed by atoms with Crippen molar-refractivity contribution in [2.45, 2.75) is 11.8 Å². The summed E-state index contributed by atoms with van der Waals surface area (Å²) in [5.74, 6) is 0.664. The van der Waals surface area contributed by atoms with E-state index in [4.69, 9.17) is 10.00 Å². The molecule has 1 aliphatic heterocycles. The Morgan fingerprint density at radius 2 is 1.62 bits per heavy atom. The molecular weight excluding hydrogens is 350 g/mol. The number of anilines is 1. The van der Waals surface area contributed by atoms with Crippen molar-refractivity contribution in [1.29, 1.82) is 5.26 Å². The fraction of sp³-hybridized carbons (Fsp3) is 0.316. The lowest BCUT2D eigenvalue weighted by molar-refractivity contribution is 0.340. The van der Waals surface area contributed by atoms with Crippen LogP contribution in [0.25, 0.3) is 0 Å². The number of benzene rings is 2. The number of nitriles is 1. The predicted octanol–water partition coefficient (Wildman–Crippen LogP) is 2.47. The van der Waals surface area contributed by atoms with Crippen molar-refractivity contribution in [2.24, 2.45) is 0 Å². The van der Waals surface area contributed by atoms with Gasteiger partial charge in [0.15, 0.2) is 0 Å². The Morgan fingerprint density at radius 3 is 2.15 bits per heavy atom. The summed E-state index contributed by atoms with van der Waals surface area (Å²) in [5.41, 5.74) is 1.62. The number of hydrogen-bond acceptors (Lipinski definition) is 5. The van der Waals surface area contributed by atoms with Gasteiger partial charge < -0.3 is 9.64 Å². The molecule has 6 nitrogen and oxygen atoms in total. The van der Waals surface area contributed by atoms with Crippen LogP contribution in [0.15, 0.2) is 53.4 Å². The highest BCUT2D eigenvalue weighted by Crippen LogP contribution is 2.23. The average Bonchev–Trinajstić information content (AvgIpc) is 2.69. The number of nitrogens with zero attached hydrogens (tertiary/aromatic N) is 3. The first-order chi connectivity index (χ1) is 12.5. The van der Waals surface area contributed by atoms with Gasteiger partial charge in [0.25, 0.3) is 0 Å². The van der Waals surface area contributed by atoms with Crippen LogP contribution in [0.2, 0.25) is 0 Å². The quantitative estimate of drug-likeness (QED) is 0.807. The summed E-state index contributed by atoms with van der Waals surface area (Å²) in [5, 5.41) is 8.87. The Kier molecular flexibility index (Phi) is 5.45. The lowest BCUT2D eigenvalue weighted by Crippen LogP contribution is -2.48. The molecule has 1 saturated heterocycles. The van der Waals surface area contributed by atoms with Crippen LogP contribution >= 0.6 is 0 Å². The van der Waals surface area contributed by atoms with Crippen LogP contribution in [0.3, 0.4) is 0 Å². The van der Waals surface area contributed by atoms with E-state index in [2.05, 4.69) is 11.0 Å². The highest BCUT2D eigenvalue weighted by molar-refractivity contribution is 7.89. The fourth-order valence-corrected chi connectivity index (χ4v) is 4.38. The van der Waals surface area contributed by atoms with Gasteiger partial charge in [-0.05, 0) is 55.5 Å². The fourth-order valence-electron chi connectivity index (χ4n) is 2.96. The number of rotatable bonds is 5. The molecule has 136 valence electrons. The maximum atomic E-state index is 12.8. The van der Waals surface area contributed by atoms with Crippen LogP contribution in [0.4, 0.5) is 5.69 Å². The maximum absolute atomic E-state index is 12.8. The summed E-state index contributed by atoms with van der Waals surface area (Å²) >= 11 is 0. The van der Waals surface area contributed by atoms with Gasteiger partial charge in [0.05, 0.1) is 23.1 Å². The molecule has 1 aliphatic rings. The first-order valence-electron chi connectivity index (χ1n) is 8.52. The van der Waals surface area contributed by atoms with Crippen molar-refractivity contribution in [3.05, 3.63) is 54.1 Å². The van der Waals surface area contributed by atoms with Crippen LogP contribution in [0.1, 0.15) is 12.5 Å². The summed E-state index contributed by atoms with van der Waals surface area (Å²) in [6.45, 7) is 4.51. The van der Waals surface area contributed by atoms with Gasteiger partial charge in [-0.3, -0.25) is 0 Å². The Balaban J connectivity index is 1.67. The Bertz CT molecular complexity index is 879. The van der Waals surface area contributed by atoms with Gasteiger partial charge in [-0.1, -0.05) is 0 Å². The van der Waals surface area contributed by atoms with Gasteiger partial charge in [-0.15, -0.1) is 0 Å². The molecule has 1 heterocycles. The molecule has 2 aromatic rings. The number of sulfonamides is 1. The van der Waals surface area contributed by atoms with Crippen molar-refractivity contribution >= 4 is 15.7 Å².